The molecule has 1 heterocycles. The molecule has 1 aromatic rings. The highest BCUT2D eigenvalue weighted by molar-refractivity contribution is 5.28. The molecule has 1 N–H and O–H groups in total. The first-order valence-electron chi connectivity index (χ1n) is 6.68. The molecule has 1 aliphatic heterocycles. The fourth-order valence-corrected chi connectivity index (χ4v) is 3.82. The lowest BCUT2D eigenvalue weighted by Gasteiger charge is -2.48. The van der Waals surface area contributed by atoms with E-state index in [1.807, 2.05) is 0 Å². The maximum atomic E-state index is 3.58. The van der Waals surface area contributed by atoms with Crippen LogP contribution in [0.2, 0.25) is 0 Å². The van der Waals surface area contributed by atoms with Gasteiger partial charge in [0.1, 0.15) is 0 Å². The molecule has 2 aliphatic rings. The molecule has 1 heteroatoms. The third-order valence-corrected chi connectivity index (χ3v) is 4.69. The quantitative estimate of drug-likeness (QED) is 0.759. The van der Waals surface area contributed by atoms with Crippen LogP contribution in [-0.2, 0) is 5.41 Å². The Hall–Kier alpha value is -0.820. The van der Waals surface area contributed by atoms with Crippen LogP contribution in [0.15, 0.2) is 30.3 Å². The number of nitrogens with one attached hydrogen (secondary N) is 1. The first-order valence-corrected chi connectivity index (χ1v) is 6.68. The van der Waals surface area contributed by atoms with Crippen molar-refractivity contribution < 1.29 is 0 Å². The van der Waals surface area contributed by atoms with Crippen LogP contribution in [0.4, 0.5) is 0 Å². The van der Waals surface area contributed by atoms with Gasteiger partial charge >= 0.3 is 0 Å². The molecule has 1 aromatic carbocycles. The maximum Gasteiger partial charge on any atom is 0.000537 e. The molecule has 1 saturated carbocycles. The van der Waals surface area contributed by atoms with Gasteiger partial charge in [-0.15, -0.1) is 0 Å². The topological polar surface area (TPSA) is 12.0 Å². The summed E-state index contributed by atoms with van der Waals surface area (Å²) in [6.45, 7) is 2.43. The smallest absolute Gasteiger partial charge is 0.000537 e. The van der Waals surface area contributed by atoms with Gasteiger partial charge in [-0.05, 0) is 43.8 Å². The van der Waals surface area contributed by atoms with E-state index >= 15 is 0 Å². The van der Waals surface area contributed by atoms with Gasteiger partial charge in [-0.3, -0.25) is 0 Å². The molecule has 0 radical (unpaired) electrons. The standard InChI is InChI=1S/C15H21N/c1-2-6-13(7-3-1)15-9-5-4-8-14(15)12-16-11-10-15/h1-3,6-7,14,16H,4-5,8-12H2/t14-,15-/m0/s1. The second-order valence-corrected chi connectivity index (χ2v) is 5.42. The van der Waals surface area contributed by atoms with E-state index in [9.17, 15) is 0 Å². The van der Waals surface area contributed by atoms with Crippen molar-refractivity contribution in [1.82, 2.24) is 5.32 Å². The van der Waals surface area contributed by atoms with E-state index < -0.39 is 0 Å². The van der Waals surface area contributed by atoms with Crippen molar-refractivity contribution in [2.75, 3.05) is 13.1 Å². The van der Waals surface area contributed by atoms with Gasteiger partial charge in [0.25, 0.3) is 0 Å². The molecular weight excluding hydrogens is 194 g/mol. The van der Waals surface area contributed by atoms with Crippen molar-refractivity contribution >= 4 is 0 Å². The predicted molar refractivity (Wildman–Crippen MR) is 67.6 cm³/mol. The van der Waals surface area contributed by atoms with Crippen molar-refractivity contribution in [2.24, 2.45) is 5.92 Å². The minimum absolute atomic E-state index is 0.505. The number of piperidine rings is 1. The summed E-state index contributed by atoms with van der Waals surface area (Å²) in [6.07, 6.45) is 7.01. The molecule has 1 nitrogen and oxygen atoms in total. The Bertz CT molecular complexity index is 332. The summed E-state index contributed by atoms with van der Waals surface area (Å²) in [7, 11) is 0. The average molecular weight is 215 g/mol. The summed E-state index contributed by atoms with van der Waals surface area (Å²) in [5, 5.41) is 3.58. The van der Waals surface area contributed by atoms with E-state index in [2.05, 4.69) is 35.6 Å². The normalized spacial score (nSPS) is 34.4. The van der Waals surface area contributed by atoms with E-state index in [1.165, 1.54) is 45.2 Å². The van der Waals surface area contributed by atoms with Crippen LogP contribution in [0.3, 0.4) is 0 Å². The van der Waals surface area contributed by atoms with Crippen LogP contribution in [0, 0.1) is 5.92 Å². The lowest BCUT2D eigenvalue weighted by atomic mass is 9.59. The van der Waals surface area contributed by atoms with Crippen molar-refractivity contribution in [2.45, 2.75) is 37.5 Å². The van der Waals surface area contributed by atoms with Crippen LogP contribution < -0.4 is 5.32 Å². The fourth-order valence-electron chi connectivity index (χ4n) is 3.82. The van der Waals surface area contributed by atoms with E-state index in [1.54, 1.807) is 5.56 Å². The van der Waals surface area contributed by atoms with Gasteiger partial charge in [-0.1, -0.05) is 43.2 Å². The third kappa shape index (κ3) is 1.58. The molecule has 2 fully saturated rings. The first-order chi connectivity index (χ1) is 7.92. The van der Waals surface area contributed by atoms with Crippen molar-refractivity contribution in [1.29, 1.82) is 0 Å². The number of hydrogen-bond donors (Lipinski definition) is 1. The van der Waals surface area contributed by atoms with Crippen molar-refractivity contribution in [3.63, 3.8) is 0 Å². The Balaban J connectivity index is 1.98. The van der Waals surface area contributed by atoms with Crippen molar-refractivity contribution in [3.05, 3.63) is 35.9 Å². The summed E-state index contributed by atoms with van der Waals surface area (Å²) in [6, 6.07) is 11.3. The van der Waals surface area contributed by atoms with Gasteiger partial charge in [-0.2, -0.15) is 0 Å². The second-order valence-electron chi connectivity index (χ2n) is 5.42. The molecule has 0 bridgehead atoms. The SMILES string of the molecule is c1ccc([C@@]23CCCC[C@H]2CNCC3)cc1. The summed E-state index contributed by atoms with van der Waals surface area (Å²) >= 11 is 0. The first kappa shape index (κ1) is 10.3. The number of rotatable bonds is 1. The van der Waals surface area contributed by atoms with Crippen LogP contribution >= 0.6 is 0 Å². The zero-order valence-electron chi connectivity index (χ0n) is 9.91. The minimum Gasteiger partial charge on any atom is -0.316 e. The lowest BCUT2D eigenvalue weighted by molar-refractivity contribution is 0.137. The number of fused-ring (bicyclic) bond motifs is 1. The highest BCUT2D eigenvalue weighted by atomic mass is 14.9. The fraction of sp³-hybridized carbons (Fsp3) is 0.600. The van der Waals surface area contributed by atoms with E-state index in [0.717, 1.165) is 5.92 Å². The zero-order chi connectivity index (χ0) is 10.8. The van der Waals surface area contributed by atoms with Crippen LogP contribution in [0.25, 0.3) is 0 Å². The molecule has 0 aromatic heterocycles. The number of benzene rings is 1. The maximum absolute atomic E-state index is 3.58. The van der Waals surface area contributed by atoms with Crippen molar-refractivity contribution in [3.8, 4) is 0 Å². The predicted octanol–water partition coefficient (Wildman–Crippen LogP) is 3.11. The monoisotopic (exact) mass is 215 g/mol. The summed E-state index contributed by atoms with van der Waals surface area (Å²) in [5.74, 6) is 0.873. The molecule has 1 saturated heterocycles. The molecule has 1 aliphatic carbocycles. The summed E-state index contributed by atoms with van der Waals surface area (Å²) in [4.78, 5) is 0. The average Bonchev–Trinajstić information content (AvgIpc) is 2.40. The van der Waals surface area contributed by atoms with E-state index in [0.29, 0.717) is 5.41 Å². The summed E-state index contributed by atoms with van der Waals surface area (Å²) < 4.78 is 0. The Labute approximate surface area is 98.3 Å². The Kier molecular flexibility index (Phi) is 2.72. The van der Waals surface area contributed by atoms with E-state index in [-0.39, 0.29) is 0 Å². The molecular formula is C15H21N. The summed E-state index contributed by atoms with van der Waals surface area (Å²) in [5.41, 5.74) is 2.10. The molecule has 86 valence electrons. The Morgan fingerprint density at radius 1 is 1.06 bits per heavy atom. The molecule has 0 unspecified atom stereocenters. The van der Waals surface area contributed by atoms with E-state index in [4.69, 9.17) is 0 Å². The molecule has 0 spiro atoms. The molecule has 16 heavy (non-hydrogen) atoms. The Morgan fingerprint density at radius 3 is 2.81 bits per heavy atom. The minimum atomic E-state index is 0.505. The van der Waals surface area contributed by atoms with Crippen LogP contribution in [0.1, 0.15) is 37.7 Å². The van der Waals surface area contributed by atoms with Crippen LogP contribution in [-0.4, -0.2) is 13.1 Å². The van der Waals surface area contributed by atoms with Gasteiger partial charge in [0.15, 0.2) is 0 Å². The second kappa shape index (κ2) is 4.21. The van der Waals surface area contributed by atoms with Gasteiger partial charge in [-0.25, -0.2) is 0 Å². The highest BCUT2D eigenvalue weighted by Gasteiger charge is 2.43. The molecule has 3 rings (SSSR count). The van der Waals surface area contributed by atoms with Crippen LogP contribution in [0.5, 0.6) is 0 Å². The molecule has 2 atom stereocenters. The van der Waals surface area contributed by atoms with Gasteiger partial charge in [0, 0.05) is 5.41 Å². The third-order valence-electron chi connectivity index (χ3n) is 4.69. The lowest BCUT2D eigenvalue weighted by Crippen LogP contribution is -2.49. The highest BCUT2D eigenvalue weighted by Crippen LogP contribution is 2.47. The van der Waals surface area contributed by atoms with Gasteiger partial charge in [0.2, 0.25) is 0 Å². The zero-order valence-corrected chi connectivity index (χ0v) is 9.91. The van der Waals surface area contributed by atoms with Gasteiger partial charge in [0.05, 0.1) is 0 Å². The molecule has 0 amide bonds. The van der Waals surface area contributed by atoms with Gasteiger partial charge < -0.3 is 5.32 Å². The largest absolute Gasteiger partial charge is 0.316 e. The number of hydrogen-bond acceptors (Lipinski definition) is 1. The Morgan fingerprint density at radius 2 is 1.94 bits per heavy atom.